The molecule has 11 heavy (non-hydrogen) atoms. The van der Waals surface area contributed by atoms with Gasteiger partial charge in [0.05, 0.1) is 0 Å². The predicted octanol–water partition coefficient (Wildman–Crippen LogP) is 1.85. The van der Waals surface area contributed by atoms with Crippen LogP contribution in [0.4, 0.5) is 0 Å². The van der Waals surface area contributed by atoms with Gasteiger partial charge in [-0.1, -0.05) is 0 Å². The van der Waals surface area contributed by atoms with Crippen molar-refractivity contribution in [3.8, 4) is 0 Å². The van der Waals surface area contributed by atoms with E-state index in [4.69, 9.17) is 0 Å². The Morgan fingerprint density at radius 2 is 2.36 bits per heavy atom. The number of hydrogen-bond donors (Lipinski definition) is 0. The highest BCUT2D eigenvalue weighted by Gasteiger charge is 2.39. The zero-order valence-corrected chi connectivity index (χ0v) is 6.29. The van der Waals surface area contributed by atoms with Crippen LogP contribution in [-0.2, 0) is 4.79 Å². The van der Waals surface area contributed by atoms with E-state index in [0.717, 1.165) is 19.3 Å². The van der Waals surface area contributed by atoms with Crippen LogP contribution in [0.2, 0.25) is 0 Å². The largest absolute Gasteiger partial charge is 0.297 e. The highest BCUT2D eigenvalue weighted by atomic mass is 16.1. The fourth-order valence-corrected chi connectivity index (χ4v) is 1.64. The molecular weight excluding hydrogens is 140 g/mol. The van der Waals surface area contributed by atoms with Gasteiger partial charge in [-0.2, -0.15) is 10.2 Å². The van der Waals surface area contributed by atoms with Crippen molar-refractivity contribution in [1.29, 1.82) is 0 Å². The zero-order chi connectivity index (χ0) is 7.73. The second-order valence-electron chi connectivity index (χ2n) is 3.09. The van der Waals surface area contributed by atoms with Gasteiger partial charge in [-0.25, -0.2) is 0 Å². The summed E-state index contributed by atoms with van der Waals surface area (Å²) < 4.78 is 0. The number of ketones is 1. The summed E-state index contributed by atoms with van der Waals surface area (Å²) in [6, 6.07) is 0. The van der Waals surface area contributed by atoms with E-state index < -0.39 is 5.54 Å². The lowest BCUT2D eigenvalue weighted by atomic mass is 9.82. The minimum absolute atomic E-state index is 0.237. The molecule has 1 spiro atoms. The summed E-state index contributed by atoms with van der Waals surface area (Å²) in [5, 5.41) is 7.71. The Morgan fingerprint density at radius 3 is 3.00 bits per heavy atom. The maximum absolute atomic E-state index is 11.4. The van der Waals surface area contributed by atoms with Crippen molar-refractivity contribution in [2.24, 2.45) is 10.2 Å². The molecule has 1 heterocycles. The number of hydrogen-bond acceptors (Lipinski definition) is 3. The van der Waals surface area contributed by atoms with Gasteiger partial charge < -0.3 is 0 Å². The topological polar surface area (TPSA) is 41.8 Å². The molecule has 0 radical (unpaired) electrons. The maximum Gasteiger partial charge on any atom is 0.166 e. The van der Waals surface area contributed by atoms with Crippen LogP contribution in [0.3, 0.4) is 0 Å². The monoisotopic (exact) mass is 150 g/mol. The quantitative estimate of drug-likeness (QED) is 0.519. The Hall–Kier alpha value is -0.990. The molecule has 1 atom stereocenters. The van der Waals surface area contributed by atoms with Crippen LogP contribution in [0.25, 0.3) is 0 Å². The van der Waals surface area contributed by atoms with Crippen molar-refractivity contribution in [3.05, 3.63) is 12.3 Å². The van der Waals surface area contributed by atoms with E-state index in [0.29, 0.717) is 6.42 Å². The van der Waals surface area contributed by atoms with E-state index in [1.807, 2.05) is 6.08 Å². The van der Waals surface area contributed by atoms with E-state index in [9.17, 15) is 4.79 Å². The van der Waals surface area contributed by atoms with Gasteiger partial charge in [0.2, 0.25) is 0 Å². The molecule has 1 unspecified atom stereocenters. The summed E-state index contributed by atoms with van der Waals surface area (Å²) in [6.45, 7) is 0. The molecule has 1 aliphatic heterocycles. The molecule has 0 aromatic heterocycles. The average molecular weight is 150 g/mol. The second kappa shape index (κ2) is 2.26. The first kappa shape index (κ1) is 6.70. The van der Waals surface area contributed by atoms with E-state index in [2.05, 4.69) is 10.2 Å². The van der Waals surface area contributed by atoms with E-state index >= 15 is 0 Å². The first-order chi connectivity index (χ1) is 5.33. The van der Waals surface area contributed by atoms with Crippen molar-refractivity contribution in [1.82, 2.24) is 0 Å². The molecule has 0 bridgehead atoms. The molecule has 58 valence electrons. The number of Topliss-reactive ketones (excluding diaryl/α,β-unsaturated/α-hetero) is 1. The lowest BCUT2D eigenvalue weighted by molar-refractivity contribution is -0.124. The third-order valence-electron chi connectivity index (χ3n) is 2.35. The zero-order valence-electron chi connectivity index (χ0n) is 6.29. The summed E-state index contributed by atoms with van der Waals surface area (Å²) in [4.78, 5) is 11.4. The Bertz CT molecular complexity index is 230. The van der Waals surface area contributed by atoms with Crippen molar-refractivity contribution >= 4 is 5.78 Å². The van der Waals surface area contributed by atoms with Crippen LogP contribution in [-0.4, -0.2) is 11.3 Å². The predicted molar refractivity (Wildman–Crippen MR) is 40.2 cm³/mol. The van der Waals surface area contributed by atoms with E-state index in [1.165, 1.54) is 0 Å². The van der Waals surface area contributed by atoms with Gasteiger partial charge in [-0.15, -0.1) is 0 Å². The van der Waals surface area contributed by atoms with Gasteiger partial charge in [0.25, 0.3) is 0 Å². The normalized spacial score (nSPS) is 35.5. The van der Waals surface area contributed by atoms with Gasteiger partial charge in [0.15, 0.2) is 11.3 Å². The third-order valence-corrected chi connectivity index (χ3v) is 2.35. The number of nitrogens with zero attached hydrogens (tertiary/aromatic N) is 2. The first-order valence-electron chi connectivity index (χ1n) is 3.97. The van der Waals surface area contributed by atoms with Crippen LogP contribution in [0, 0.1) is 0 Å². The highest BCUT2D eigenvalue weighted by Crippen LogP contribution is 2.32. The fraction of sp³-hybridized carbons (Fsp3) is 0.625. The Kier molecular flexibility index (Phi) is 1.37. The van der Waals surface area contributed by atoms with E-state index in [1.54, 1.807) is 6.20 Å². The Labute approximate surface area is 65.2 Å². The minimum Gasteiger partial charge on any atom is -0.297 e. The van der Waals surface area contributed by atoms with Crippen LogP contribution >= 0.6 is 0 Å². The Morgan fingerprint density at radius 1 is 1.45 bits per heavy atom. The fourth-order valence-electron chi connectivity index (χ4n) is 1.64. The van der Waals surface area contributed by atoms with Gasteiger partial charge in [0.1, 0.15) is 0 Å². The molecule has 2 rings (SSSR count). The number of carbonyl (C=O) groups is 1. The minimum atomic E-state index is -0.530. The van der Waals surface area contributed by atoms with Crippen LogP contribution < -0.4 is 0 Å². The van der Waals surface area contributed by atoms with Crippen LogP contribution in [0.5, 0.6) is 0 Å². The molecule has 1 saturated carbocycles. The molecule has 3 heteroatoms. The third kappa shape index (κ3) is 0.914. The van der Waals surface area contributed by atoms with E-state index in [-0.39, 0.29) is 5.78 Å². The SMILES string of the molecule is O=C1CCCCC12C=CN=N2. The highest BCUT2D eigenvalue weighted by molar-refractivity contribution is 5.91. The lowest BCUT2D eigenvalue weighted by Gasteiger charge is -2.24. The maximum atomic E-state index is 11.4. The molecule has 1 fully saturated rings. The second-order valence-corrected chi connectivity index (χ2v) is 3.09. The summed E-state index contributed by atoms with van der Waals surface area (Å²) in [6.07, 6.45) is 7.09. The first-order valence-corrected chi connectivity index (χ1v) is 3.97. The summed E-state index contributed by atoms with van der Waals surface area (Å²) in [7, 11) is 0. The van der Waals surface area contributed by atoms with Crippen molar-refractivity contribution in [2.45, 2.75) is 31.2 Å². The van der Waals surface area contributed by atoms with Crippen LogP contribution in [0.15, 0.2) is 22.5 Å². The molecule has 0 amide bonds. The molecule has 0 saturated heterocycles. The Balaban J connectivity index is 2.28. The standard InChI is InChI=1S/C8H10N2O/c11-7-3-1-2-4-8(7)5-6-9-10-8/h5-6H,1-4H2. The van der Waals surface area contributed by atoms with Crippen molar-refractivity contribution in [2.75, 3.05) is 0 Å². The van der Waals surface area contributed by atoms with Gasteiger partial charge in [0, 0.05) is 12.6 Å². The summed E-state index contributed by atoms with van der Waals surface area (Å²) in [5.74, 6) is 0.237. The van der Waals surface area contributed by atoms with Crippen LogP contribution in [0.1, 0.15) is 25.7 Å². The molecule has 0 N–H and O–H groups in total. The molecule has 3 nitrogen and oxygen atoms in total. The van der Waals surface area contributed by atoms with Gasteiger partial charge in [-0.3, -0.25) is 4.79 Å². The lowest BCUT2D eigenvalue weighted by Crippen LogP contribution is -2.35. The van der Waals surface area contributed by atoms with Gasteiger partial charge >= 0.3 is 0 Å². The average Bonchev–Trinajstić information content (AvgIpc) is 2.46. The smallest absolute Gasteiger partial charge is 0.166 e. The number of carbonyl (C=O) groups excluding carboxylic acids is 1. The molecule has 2 aliphatic rings. The number of rotatable bonds is 0. The number of azo groups is 1. The van der Waals surface area contributed by atoms with Crippen molar-refractivity contribution in [3.63, 3.8) is 0 Å². The van der Waals surface area contributed by atoms with Gasteiger partial charge in [-0.05, 0) is 25.3 Å². The molecule has 1 aliphatic carbocycles. The molecular formula is C8H10N2O. The summed E-state index contributed by atoms with van der Waals surface area (Å²) in [5.41, 5.74) is -0.530. The van der Waals surface area contributed by atoms with Crippen molar-refractivity contribution < 1.29 is 4.79 Å². The molecule has 0 aromatic rings. The molecule has 0 aromatic carbocycles. The summed E-state index contributed by atoms with van der Waals surface area (Å²) >= 11 is 0.